The molecule has 0 radical (unpaired) electrons. The molecular weight excluding hydrogens is 536 g/mol. The fraction of sp³-hybridized carbons (Fsp3) is 0.529. The zero-order chi connectivity index (χ0) is 32.8. The Balaban J connectivity index is 3.82. The summed E-state index contributed by atoms with van der Waals surface area (Å²) in [6, 6.07) is 0. The van der Waals surface area contributed by atoms with Gasteiger partial charge in [0, 0.05) is 0 Å². The molecule has 0 saturated carbocycles. The quantitative estimate of drug-likeness (QED) is 0.427. The Kier molecular flexibility index (Phi) is 11.7. The van der Waals surface area contributed by atoms with Crippen molar-refractivity contribution in [3.63, 3.8) is 0 Å². The Hall–Kier alpha value is -3.68. The second-order valence-corrected chi connectivity index (χ2v) is 13.4. The van der Waals surface area contributed by atoms with Crippen LogP contribution in [-0.2, 0) is 38.4 Å². The Morgan fingerprint density at radius 3 is 0.714 bits per heavy atom. The topological polar surface area (TPSA) is 137 Å². The van der Waals surface area contributed by atoms with Crippen molar-refractivity contribution >= 4 is 46.3 Å². The van der Waals surface area contributed by atoms with Crippen LogP contribution in [0.3, 0.4) is 0 Å². The number of carbonyl (C=O) groups is 8. The Morgan fingerprint density at radius 1 is 0.381 bits per heavy atom. The molecule has 0 spiro atoms. The minimum atomic E-state index is -1.66. The van der Waals surface area contributed by atoms with Crippen LogP contribution in [0.15, 0.2) is 48.6 Å². The zero-order valence-electron chi connectivity index (χ0n) is 26.5. The van der Waals surface area contributed by atoms with Crippen molar-refractivity contribution in [3.8, 4) is 0 Å². The van der Waals surface area contributed by atoms with Gasteiger partial charge in [0.25, 0.3) is 0 Å². The number of ketones is 8. The van der Waals surface area contributed by atoms with Crippen LogP contribution >= 0.6 is 0 Å². The van der Waals surface area contributed by atoms with Crippen molar-refractivity contribution in [2.75, 3.05) is 0 Å². The van der Waals surface area contributed by atoms with Gasteiger partial charge in [0.1, 0.15) is 0 Å². The van der Waals surface area contributed by atoms with Gasteiger partial charge in [0.2, 0.25) is 0 Å². The van der Waals surface area contributed by atoms with Gasteiger partial charge in [-0.1, -0.05) is 27.7 Å². The van der Waals surface area contributed by atoms with Gasteiger partial charge in [0.15, 0.2) is 46.3 Å². The fourth-order valence-corrected chi connectivity index (χ4v) is 4.70. The van der Waals surface area contributed by atoms with Crippen LogP contribution in [0, 0.1) is 33.5 Å². The zero-order valence-corrected chi connectivity index (χ0v) is 26.5. The van der Waals surface area contributed by atoms with Gasteiger partial charge >= 0.3 is 0 Å². The second-order valence-electron chi connectivity index (χ2n) is 13.4. The summed E-state index contributed by atoms with van der Waals surface area (Å²) in [6.07, 6.45) is 7.79. The molecule has 0 aromatic carbocycles. The molecule has 42 heavy (non-hydrogen) atoms. The van der Waals surface area contributed by atoms with Gasteiger partial charge in [-0.05, 0) is 115 Å². The molecule has 8 nitrogen and oxygen atoms in total. The Morgan fingerprint density at radius 2 is 0.548 bits per heavy atom. The lowest BCUT2D eigenvalue weighted by Gasteiger charge is -2.27. The average Bonchev–Trinajstić information content (AvgIpc) is 2.88. The van der Waals surface area contributed by atoms with E-state index in [2.05, 4.69) is 0 Å². The average molecular weight is 581 g/mol. The smallest absolute Gasteiger partial charge is 0.169 e. The molecule has 1 rings (SSSR count). The molecule has 8 heteroatoms. The summed E-state index contributed by atoms with van der Waals surface area (Å²) in [4.78, 5) is 105. The van der Waals surface area contributed by atoms with E-state index < -0.39 is 67.9 Å². The van der Waals surface area contributed by atoms with Crippen molar-refractivity contribution in [1.29, 1.82) is 0 Å². The molecule has 1 aliphatic carbocycles. The summed E-state index contributed by atoms with van der Waals surface area (Å²) in [7, 11) is 0. The van der Waals surface area contributed by atoms with E-state index in [4.69, 9.17) is 0 Å². The van der Waals surface area contributed by atoms with Crippen LogP contribution in [0.2, 0.25) is 0 Å². The fourth-order valence-electron chi connectivity index (χ4n) is 4.70. The molecule has 0 bridgehead atoms. The van der Waals surface area contributed by atoms with Gasteiger partial charge in [-0.2, -0.15) is 0 Å². The number of hydrogen-bond acceptors (Lipinski definition) is 8. The molecule has 228 valence electrons. The number of hydrogen-bond donors (Lipinski definition) is 0. The minimum Gasteiger partial charge on any atom is -0.294 e. The van der Waals surface area contributed by atoms with Crippen LogP contribution in [0.5, 0.6) is 0 Å². The Labute approximate surface area is 248 Å². The highest BCUT2D eigenvalue weighted by atomic mass is 16.2. The molecule has 0 heterocycles. The maximum Gasteiger partial charge on any atom is 0.169 e. The molecule has 0 N–H and O–H groups in total. The number of carbonyl (C=O) groups excluding carboxylic acids is 8. The summed E-state index contributed by atoms with van der Waals surface area (Å²) >= 11 is 0. The van der Waals surface area contributed by atoms with Gasteiger partial charge < -0.3 is 0 Å². The summed E-state index contributed by atoms with van der Waals surface area (Å²) in [5.74, 6) is -5.83. The molecule has 0 saturated heterocycles. The van der Waals surface area contributed by atoms with Crippen LogP contribution in [0.25, 0.3) is 0 Å². The molecule has 0 aliphatic heterocycles. The standard InChI is InChI=1S/C34H44O8/c1-21(2)19-33(9)27(39)15-11-23(35)31(5,6)25(37)13-17-29(41)34(10,20-22(3)4)30(42)18-14-26(38)32(7,8)24(36)12-16-28(33)40/h11-18,21-22H,19-20H2,1-10H3/b15-11-,16-12-,17-13-,18-14-. The third kappa shape index (κ3) is 8.20. The molecule has 1 aliphatic rings. The minimum absolute atomic E-state index is 0.107. The lowest BCUT2D eigenvalue weighted by atomic mass is 9.73. The van der Waals surface area contributed by atoms with E-state index in [9.17, 15) is 38.4 Å². The van der Waals surface area contributed by atoms with Crippen molar-refractivity contribution < 1.29 is 38.4 Å². The highest BCUT2D eigenvalue weighted by Gasteiger charge is 2.42. The molecule has 0 fully saturated rings. The first-order valence-corrected chi connectivity index (χ1v) is 14.1. The van der Waals surface area contributed by atoms with Crippen molar-refractivity contribution in [2.24, 2.45) is 33.5 Å². The van der Waals surface area contributed by atoms with Crippen molar-refractivity contribution in [3.05, 3.63) is 48.6 Å². The largest absolute Gasteiger partial charge is 0.294 e. The van der Waals surface area contributed by atoms with Gasteiger partial charge in [0.05, 0.1) is 21.7 Å². The first-order chi connectivity index (χ1) is 19.0. The van der Waals surface area contributed by atoms with Gasteiger partial charge in [-0.3, -0.25) is 38.4 Å². The molecule has 0 amide bonds. The van der Waals surface area contributed by atoms with Crippen LogP contribution in [-0.4, -0.2) is 46.3 Å². The lowest BCUT2D eigenvalue weighted by Crippen LogP contribution is -2.38. The summed E-state index contributed by atoms with van der Waals surface area (Å²) < 4.78 is 0. The van der Waals surface area contributed by atoms with Crippen LogP contribution < -0.4 is 0 Å². The first kappa shape index (κ1) is 36.3. The van der Waals surface area contributed by atoms with E-state index in [-0.39, 0.29) is 24.7 Å². The number of allylic oxidation sites excluding steroid dienone is 8. The molecule has 0 atom stereocenters. The SMILES string of the molecule is CC(C)CC1(C)C(=O)/C=C\C(=O)C(C)(C)C(=O)/C=C\C(=O)C(C)(CC(C)C)C(=O)/C=C\C(=O)C(C)(C)C(=O)/C=C\C1=O. The highest BCUT2D eigenvalue weighted by Crippen LogP contribution is 2.32. The van der Waals surface area contributed by atoms with Crippen LogP contribution in [0.4, 0.5) is 0 Å². The predicted octanol–water partition coefficient (Wildman–Crippen LogP) is 4.93. The Bertz CT molecular complexity index is 1110. The first-order valence-electron chi connectivity index (χ1n) is 14.1. The van der Waals surface area contributed by atoms with E-state index in [0.717, 1.165) is 48.6 Å². The monoisotopic (exact) mass is 580 g/mol. The van der Waals surface area contributed by atoms with Crippen molar-refractivity contribution in [2.45, 2.75) is 82.1 Å². The molecule has 0 unspecified atom stereocenters. The van der Waals surface area contributed by atoms with E-state index in [1.165, 1.54) is 41.5 Å². The molecule has 0 aromatic heterocycles. The maximum atomic E-state index is 13.3. The normalized spacial score (nSPS) is 29.6. The maximum absolute atomic E-state index is 13.3. The van der Waals surface area contributed by atoms with E-state index in [1.807, 2.05) is 27.7 Å². The van der Waals surface area contributed by atoms with E-state index >= 15 is 0 Å². The molecular formula is C34H44O8. The third-order valence-electron chi connectivity index (χ3n) is 7.82. The highest BCUT2D eigenvalue weighted by molar-refractivity contribution is 6.23. The van der Waals surface area contributed by atoms with Crippen LogP contribution in [0.1, 0.15) is 82.1 Å². The summed E-state index contributed by atoms with van der Waals surface area (Å²) in [6.45, 7) is 15.4. The number of rotatable bonds is 4. The third-order valence-corrected chi connectivity index (χ3v) is 7.82. The van der Waals surface area contributed by atoms with Crippen molar-refractivity contribution in [1.82, 2.24) is 0 Å². The van der Waals surface area contributed by atoms with Gasteiger partial charge in [-0.25, -0.2) is 0 Å². The summed E-state index contributed by atoms with van der Waals surface area (Å²) in [5, 5.41) is 0. The lowest BCUT2D eigenvalue weighted by molar-refractivity contribution is -0.137. The van der Waals surface area contributed by atoms with E-state index in [1.54, 1.807) is 0 Å². The summed E-state index contributed by atoms with van der Waals surface area (Å²) in [5.41, 5.74) is -6.56. The van der Waals surface area contributed by atoms with Gasteiger partial charge in [-0.15, -0.1) is 0 Å². The predicted molar refractivity (Wildman–Crippen MR) is 159 cm³/mol. The molecule has 0 aromatic rings. The van der Waals surface area contributed by atoms with E-state index in [0.29, 0.717) is 0 Å². The second kappa shape index (κ2) is 13.5.